The number of aliphatic hydroxyl groups is 1. The highest BCUT2D eigenvalue weighted by molar-refractivity contribution is 5.28. The molecule has 0 fully saturated rings. The van der Waals surface area contributed by atoms with Crippen LogP contribution in [0.15, 0.2) is 24.3 Å². The Balaban J connectivity index is 2.35. The van der Waals surface area contributed by atoms with E-state index in [-0.39, 0.29) is 6.61 Å². The molecule has 0 heterocycles. The molecule has 0 bridgehead atoms. The van der Waals surface area contributed by atoms with Crippen molar-refractivity contribution in [1.29, 1.82) is 0 Å². The summed E-state index contributed by atoms with van der Waals surface area (Å²) >= 11 is 0. The topological polar surface area (TPSA) is 50.7 Å². The van der Waals surface area contributed by atoms with Gasteiger partial charge in [0.15, 0.2) is 0 Å². The second-order valence-electron chi connectivity index (χ2n) is 5.30. The van der Waals surface area contributed by atoms with Crippen LogP contribution < -0.4 is 10.1 Å². The van der Waals surface area contributed by atoms with Gasteiger partial charge in [-0.1, -0.05) is 26.0 Å². The van der Waals surface area contributed by atoms with Gasteiger partial charge in [-0.15, -0.1) is 0 Å². The molecule has 1 aromatic rings. The first-order valence-electron chi connectivity index (χ1n) is 7.30. The van der Waals surface area contributed by atoms with Gasteiger partial charge < -0.3 is 19.9 Å². The fraction of sp³-hybridized carbons (Fsp3) is 0.625. The van der Waals surface area contributed by atoms with E-state index < -0.39 is 6.10 Å². The molecule has 0 aromatic heterocycles. The molecule has 0 saturated heterocycles. The van der Waals surface area contributed by atoms with Gasteiger partial charge in [-0.05, 0) is 37.1 Å². The predicted molar refractivity (Wildman–Crippen MR) is 81.0 cm³/mol. The number of rotatable bonds is 10. The van der Waals surface area contributed by atoms with E-state index in [0.717, 1.165) is 18.8 Å². The molecule has 1 aromatic carbocycles. The van der Waals surface area contributed by atoms with Crippen molar-refractivity contribution >= 4 is 0 Å². The first-order chi connectivity index (χ1) is 9.61. The molecular weight excluding hydrogens is 254 g/mol. The summed E-state index contributed by atoms with van der Waals surface area (Å²) in [6, 6.07) is 7.94. The van der Waals surface area contributed by atoms with Crippen molar-refractivity contribution < 1.29 is 14.6 Å². The Bertz CT molecular complexity index is 368. The zero-order valence-electron chi connectivity index (χ0n) is 12.8. The molecule has 1 rings (SSSR count). The zero-order chi connectivity index (χ0) is 14.8. The highest BCUT2D eigenvalue weighted by Gasteiger charge is 2.05. The molecule has 4 heteroatoms. The molecule has 114 valence electrons. The number of hydrogen-bond donors (Lipinski definition) is 2. The summed E-state index contributed by atoms with van der Waals surface area (Å²) in [5.41, 5.74) is 1.18. The smallest absolute Gasteiger partial charge is 0.119 e. The predicted octanol–water partition coefficient (Wildman–Crippen LogP) is 2.21. The van der Waals surface area contributed by atoms with E-state index in [1.54, 1.807) is 0 Å². The van der Waals surface area contributed by atoms with Gasteiger partial charge in [0.05, 0.1) is 6.61 Å². The molecule has 0 saturated carbocycles. The van der Waals surface area contributed by atoms with Crippen molar-refractivity contribution in [3.63, 3.8) is 0 Å². The normalized spacial score (nSPS) is 12.7. The maximum absolute atomic E-state index is 9.65. The Hall–Kier alpha value is -1.10. The number of hydrogen-bond acceptors (Lipinski definition) is 4. The number of aliphatic hydroxyl groups excluding tert-OH is 1. The average Bonchev–Trinajstić information content (AvgIpc) is 2.43. The van der Waals surface area contributed by atoms with Gasteiger partial charge in [0.2, 0.25) is 0 Å². The summed E-state index contributed by atoms with van der Waals surface area (Å²) in [4.78, 5) is 0. The quantitative estimate of drug-likeness (QED) is 0.690. The Morgan fingerprint density at radius 2 is 2.05 bits per heavy atom. The molecule has 0 spiro atoms. The van der Waals surface area contributed by atoms with Crippen molar-refractivity contribution in [2.45, 2.75) is 33.4 Å². The van der Waals surface area contributed by atoms with Crippen LogP contribution in [0.5, 0.6) is 5.75 Å². The lowest BCUT2D eigenvalue weighted by Crippen LogP contribution is -2.23. The Morgan fingerprint density at radius 3 is 2.75 bits per heavy atom. The minimum atomic E-state index is -0.585. The zero-order valence-corrected chi connectivity index (χ0v) is 12.8. The molecular formula is C16H27NO3. The summed E-state index contributed by atoms with van der Waals surface area (Å²) < 4.78 is 10.7. The summed E-state index contributed by atoms with van der Waals surface area (Å²) in [6.07, 6.45) is -0.585. The van der Waals surface area contributed by atoms with Gasteiger partial charge in [0, 0.05) is 13.2 Å². The molecule has 1 atom stereocenters. The first-order valence-corrected chi connectivity index (χ1v) is 7.30. The Kier molecular flexibility index (Phi) is 8.26. The fourth-order valence-electron chi connectivity index (χ4n) is 1.74. The third kappa shape index (κ3) is 7.48. The van der Waals surface area contributed by atoms with E-state index in [4.69, 9.17) is 9.47 Å². The lowest BCUT2D eigenvalue weighted by Gasteiger charge is -2.13. The summed E-state index contributed by atoms with van der Waals surface area (Å²) in [7, 11) is 0. The van der Waals surface area contributed by atoms with Crippen molar-refractivity contribution in [3.8, 4) is 5.75 Å². The Labute approximate surface area is 122 Å². The van der Waals surface area contributed by atoms with E-state index >= 15 is 0 Å². The van der Waals surface area contributed by atoms with Gasteiger partial charge in [0.1, 0.15) is 18.5 Å². The Morgan fingerprint density at radius 1 is 1.25 bits per heavy atom. The minimum absolute atomic E-state index is 0.253. The standard InChI is InChI=1S/C16H27NO3/c1-4-19-11-15(18)12-20-16-7-5-6-14(8-16)10-17-9-13(2)3/h5-8,13,15,17-18H,4,9-12H2,1-3H3. The van der Waals surface area contributed by atoms with Crippen molar-refractivity contribution in [2.24, 2.45) is 5.92 Å². The third-order valence-electron chi connectivity index (χ3n) is 2.74. The maximum atomic E-state index is 9.65. The molecule has 4 nitrogen and oxygen atoms in total. The second-order valence-corrected chi connectivity index (χ2v) is 5.30. The van der Waals surface area contributed by atoms with Crippen molar-refractivity contribution in [3.05, 3.63) is 29.8 Å². The molecule has 0 aliphatic rings. The van der Waals surface area contributed by atoms with Gasteiger partial charge >= 0.3 is 0 Å². The fourth-order valence-corrected chi connectivity index (χ4v) is 1.74. The van der Waals surface area contributed by atoms with Crippen LogP contribution in [0.25, 0.3) is 0 Å². The molecule has 0 amide bonds. The van der Waals surface area contributed by atoms with E-state index in [9.17, 15) is 5.11 Å². The summed E-state index contributed by atoms with van der Waals surface area (Å²) in [6.45, 7) is 9.28. The number of benzene rings is 1. The summed E-state index contributed by atoms with van der Waals surface area (Å²) in [5.74, 6) is 1.42. The van der Waals surface area contributed by atoms with E-state index in [1.165, 1.54) is 5.56 Å². The van der Waals surface area contributed by atoms with Crippen LogP contribution in [0.4, 0.5) is 0 Å². The average molecular weight is 281 g/mol. The molecule has 0 aliphatic heterocycles. The monoisotopic (exact) mass is 281 g/mol. The number of ether oxygens (including phenoxy) is 2. The van der Waals surface area contributed by atoms with Crippen LogP contribution in [-0.4, -0.2) is 37.6 Å². The molecule has 0 radical (unpaired) electrons. The van der Waals surface area contributed by atoms with E-state index in [2.05, 4.69) is 25.2 Å². The first kappa shape index (κ1) is 17.0. The van der Waals surface area contributed by atoms with Crippen molar-refractivity contribution in [2.75, 3.05) is 26.4 Å². The maximum Gasteiger partial charge on any atom is 0.119 e. The molecule has 2 N–H and O–H groups in total. The molecule has 0 aliphatic carbocycles. The van der Waals surface area contributed by atoms with Crippen LogP contribution in [-0.2, 0) is 11.3 Å². The van der Waals surface area contributed by atoms with Gasteiger partial charge in [-0.3, -0.25) is 0 Å². The lowest BCUT2D eigenvalue weighted by molar-refractivity contribution is 0.0164. The lowest BCUT2D eigenvalue weighted by atomic mass is 10.2. The highest BCUT2D eigenvalue weighted by atomic mass is 16.5. The van der Waals surface area contributed by atoms with Gasteiger partial charge in [-0.2, -0.15) is 0 Å². The second kappa shape index (κ2) is 9.75. The van der Waals surface area contributed by atoms with Crippen molar-refractivity contribution in [1.82, 2.24) is 5.32 Å². The van der Waals surface area contributed by atoms with Crippen LogP contribution in [0, 0.1) is 5.92 Å². The van der Waals surface area contributed by atoms with E-state index in [1.807, 2.05) is 25.1 Å². The van der Waals surface area contributed by atoms with Crippen LogP contribution in [0.3, 0.4) is 0 Å². The molecule has 20 heavy (non-hydrogen) atoms. The van der Waals surface area contributed by atoms with E-state index in [0.29, 0.717) is 19.1 Å². The number of nitrogens with one attached hydrogen (secondary N) is 1. The largest absolute Gasteiger partial charge is 0.491 e. The van der Waals surface area contributed by atoms with Gasteiger partial charge in [0.25, 0.3) is 0 Å². The minimum Gasteiger partial charge on any atom is -0.491 e. The van der Waals surface area contributed by atoms with Gasteiger partial charge in [-0.25, -0.2) is 0 Å². The van der Waals surface area contributed by atoms with Crippen LogP contribution in [0.2, 0.25) is 0 Å². The SMILES string of the molecule is CCOCC(O)COc1cccc(CNCC(C)C)c1. The van der Waals surface area contributed by atoms with Crippen LogP contribution >= 0.6 is 0 Å². The molecule has 1 unspecified atom stereocenters. The van der Waals surface area contributed by atoms with Crippen LogP contribution in [0.1, 0.15) is 26.3 Å². The third-order valence-corrected chi connectivity index (χ3v) is 2.74. The summed E-state index contributed by atoms with van der Waals surface area (Å²) in [5, 5.41) is 13.0. The highest BCUT2D eigenvalue weighted by Crippen LogP contribution is 2.13.